The number of fused-ring (bicyclic) bond motifs is 3. The summed E-state index contributed by atoms with van der Waals surface area (Å²) < 4.78 is 30.5. The Bertz CT molecular complexity index is 1620. The molecule has 178 valence electrons. The van der Waals surface area contributed by atoms with E-state index in [2.05, 4.69) is 10.9 Å². The molecule has 1 saturated heterocycles. The molecule has 1 aliphatic heterocycles. The monoisotopic (exact) mass is 503 g/mol. The van der Waals surface area contributed by atoms with Crippen molar-refractivity contribution in [3.8, 4) is 12.3 Å². The van der Waals surface area contributed by atoms with Gasteiger partial charge in [0.1, 0.15) is 0 Å². The van der Waals surface area contributed by atoms with Gasteiger partial charge in [-0.2, -0.15) is 9.30 Å². The lowest BCUT2D eigenvalue weighted by Gasteiger charge is -2.19. The maximum atomic E-state index is 13.0. The quantitative estimate of drug-likeness (QED) is 0.376. The van der Waals surface area contributed by atoms with Crippen molar-refractivity contribution in [3.05, 3.63) is 71.0 Å². The van der Waals surface area contributed by atoms with Crippen LogP contribution in [0.15, 0.2) is 70.6 Å². The van der Waals surface area contributed by atoms with Gasteiger partial charge in [-0.25, -0.2) is 8.42 Å². The van der Waals surface area contributed by atoms with Crippen LogP contribution in [0.1, 0.15) is 36.0 Å². The molecule has 0 spiro atoms. The number of hydrogen-bond donors (Lipinski definition) is 0. The predicted octanol–water partition coefficient (Wildman–Crippen LogP) is 4.80. The van der Waals surface area contributed by atoms with Crippen LogP contribution in [0, 0.1) is 12.3 Å². The number of carbonyl (C=O) groups excluding carboxylic acids is 1. The molecule has 5 rings (SSSR count). The standard InChI is InChI=1S/C27H25N3O3S2/c1-2-17-30-24-16-13-20-9-5-6-10-23(20)25(24)34-27(30)28-26(31)21-11-14-22(15-12-21)35(32,33)29-18-7-3-4-8-19-29/h1,5-6,9-16H,3-4,7-8,17-19H2. The molecule has 6 nitrogen and oxygen atoms in total. The van der Waals surface area contributed by atoms with Crippen molar-refractivity contribution in [2.45, 2.75) is 37.1 Å². The molecule has 1 aliphatic rings. The maximum Gasteiger partial charge on any atom is 0.279 e. The van der Waals surface area contributed by atoms with Crippen molar-refractivity contribution < 1.29 is 13.2 Å². The summed E-state index contributed by atoms with van der Waals surface area (Å²) in [5.74, 6) is 2.21. The number of hydrogen-bond acceptors (Lipinski definition) is 4. The third-order valence-electron chi connectivity index (χ3n) is 6.32. The molecule has 1 amide bonds. The lowest BCUT2D eigenvalue weighted by Crippen LogP contribution is -2.31. The van der Waals surface area contributed by atoms with Crippen molar-refractivity contribution in [2.24, 2.45) is 4.99 Å². The summed E-state index contributed by atoms with van der Waals surface area (Å²) in [6.45, 7) is 1.36. The Labute approximate surface area is 208 Å². The molecule has 35 heavy (non-hydrogen) atoms. The second-order valence-electron chi connectivity index (χ2n) is 8.57. The summed E-state index contributed by atoms with van der Waals surface area (Å²) in [7, 11) is -3.57. The minimum atomic E-state index is -3.57. The Morgan fingerprint density at radius 2 is 1.69 bits per heavy atom. The highest BCUT2D eigenvalue weighted by atomic mass is 32.2. The molecule has 0 unspecified atom stereocenters. The van der Waals surface area contributed by atoms with Crippen molar-refractivity contribution in [1.29, 1.82) is 0 Å². The van der Waals surface area contributed by atoms with Gasteiger partial charge in [0.2, 0.25) is 10.0 Å². The summed E-state index contributed by atoms with van der Waals surface area (Å²) in [5, 5.41) is 2.19. The fourth-order valence-corrected chi connectivity index (χ4v) is 7.16. The molecular weight excluding hydrogens is 478 g/mol. The summed E-state index contributed by atoms with van der Waals surface area (Å²) in [6, 6.07) is 18.2. The normalized spacial score (nSPS) is 15.8. The molecule has 0 N–H and O–H groups in total. The molecule has 1 fully saturated rings. The van der Waals surface area contributed by atoms with Gasteiger partial charge in [-0.15, -0.1) is 6.42 Å². The van der Waals surface area contributed by atoms with Gasteiger partial charge in [0.25, 0.3) is 5.91 Å². The van der Waals surface area contributed by atoms with Gasteiger partial charge in [0, 0.05) is 24.0 Å². The molecular formula is C27H25N3O3S2. The van der Waals surface area contributed by atoms with Gasteiger partial charge in [-0.1, -0.05) is 60.4 Å². The molecule has 0 bridgehead atoms. The van der Waals surface area contributed by atoms with Crippen molar-refractivity contribution in [3.63, 3.8) is 0 Å². The topological polar surface area (TPSA) is 71.7 Å². The van der Waals surface area contributed by atoms with Crippen LogP contribution < -0.4 is 4.80 Å². The zero-order valence-corrected chi connectivity index (χ0v) is 20.8. The Kier molecular flexibility index (Phi) is 6.56. The maximum absolute atomic E-state index is 13.0. The molecule has 0 aliphatic carbocycles. The highest BCUT2D eigenvalue weighted by molar-refractivity contribution is 7.89. The van der Waals surface area contributed by atoms with E-state index in [0.717, 1.165) is 46.7 Å². The number of terminal acetylenes is 1. The summed E-state index contributed by atoms with van der Waals surface area (Å²) in [5.41, 5.74) is 1.26. The zero-order chi connectivity index (χ0) is 24.4. The minimum Gasteiger partial charge on any atom is -0.305 e. The Morgan fingerprint density at radius 3 is 2.40 bits per heavy atom. The average molecular weight is 504 g/mol. The van der Waals surface area contributed by atoms with Crippen molar-refractivity contribution in [2.75, 3.05) is 13.1 Å². The van der Waals surface area contributed by atoms with Crippen LogP contribution in [0.3, 0.4) is 0 Å². The number of amides is 1. The first-order chi connectivity index (χ1) is 17.0. The van der Waals surface area contributed by atoms with E-state index in [1.54, 1.807) is 4.31 Å². The Hall–Kier alpha value is -3.25. The molecule has 0 atom stereocenters. The summed E-state index contributed by atoms with van der Waals surface area (Å²) >= 11 is 1.42. The number of carbonyl (C=O) groups is 1. The predicted molar refractivity (Wildman–Crippen MR) is 140 cm³/mol. The summed E-state index contributed by atoms with van der Waals surface area (Å²) in [6.07, 6.45) is 9.45. The molecule has 1 aromatic heterocycles. The van der Waals surface area contributed by atoms with Crippen LogP contribution in [0.2, 0.25) is 0 Å². The van der Waals surface area contributed by atoms with Crippen LogP contribution in [0.4, 0.5) is 0 Å². The second kappa shape index (κ2) is 9.78. The van der Waals surface area contributed by atoms with Gasteiger partial charge in [0.15, 0.2) is 4.80 Å². The van der Waals surface area contributed by atoms with Crippen LogP contribution in [0.25, 0.3) is 21.0 Å². The fraction of sp³-hybridized carbons (Fsp3) is 0.259. The van der Waals surface area contributed by atoms with E-state index in [9.17, 15) is 13.2 Å². The second-order valence-corrected chi connectivity index (χ2v) is 11.5. The lowest BCUT2D eigenvalue weighted by molar-refractivity contribution is 0.0998. The summed E-state index contributed by atoms with van der Waals surface area (Å²) in [4.78, 5) is 18.1. The average Bonchev–Trinajstić information content (AvgIpc) is 3.03. The molecule has 4 aromatic rings. The van der Waals surface area contributed by atoms with Gasteiger partial charge in [0.05, 0.1) is 21.7 Å². The molecule has 3 aromatic carbocycles. The third kappa shape index (κ3) is 4.55. The number of thiazole rings is 1. The minimum absolute atomic E-state index is 0.201. The smallest absolute Gasteiger partial charge is 0.279 e. The van der Waals surface area contributed by atoms with Crippen LogP contribution >= 0.6 is 11.3 Å². The highest BCUT2D eigenvalue weighted by Crippen LogP contribution is 2.28. The number of nitrogens with zero attached hydrogens (tertiary/aromatic N) is 3. The first-order valence-electron chi connectivity index (χ1n) is 11.6. The van der Waals surface area contributed by atoms with E-state index >= 15 is 0 Å². The first-order valence-corrected chi connectivity index (χ1v) is 13.9. The third-order valence-corrected chi connectivity index (χ3v) is 9.36. The van der Waals surface area contributed by atoms with E-state index in [1.807, 2.05) is 41.0 Å². The van der Waals surface area contributed by atoms with E-state index in [4.69, 9.17) is 6.42 Å². The number of aromatic nitrogens is 1. The van der Waals surface area contributed by atoms with E-state index in [-0.39, 0.29) is 11.4 Å². The van der Waals surface area contributed by atoms with Gasteiger partial charge in [-0.3, -0.25) is 4.79 Å². The number of rotatable bonds is 4. The number of sulfonamides is 1. The number of benzene rings is 3. The Balaban J connectivity index is 1.50. The van der Waals surface area contributed by atoms with Crippen molar-refractivity contribution in [1.82, 2.24) is 8.87 Å². The van der Waals surface area contributed by atoms with Crippen LogP contribution in [-0.4, -0.2) is 36.3 Å². The van der Waals surface area contributed by atoms with Gasteiger partial charge in [-0.05, 0) is 48.6 Å². The zero-order valence-electron chi connectivity index (χ0n) is 19.2. The molecule has 0 saturated carbocycles. The highest BCUT2D eigenvalue weighted by Gasteiger charge is 2.25. The van der Waals surface area contributed by atoms with E-state index in [0.29, 0.717) is 23.5 Å². The van der Waals surface area contributed by atoms with Crippen LogP contribution in [0.5, 0.6) is 0 Å². The fourth-order valence-electron chi connectivity index (χ4n) is 4.48. The molecule has 8 heteroatoms. The van der Waals surface area contributed by atoms with Gasteiger partial charge < -0.3 is 4.57 Å². The van der Waals surface area contributed by atoms with E-state index < -0.39 is 15.9 Å². The Morgan fingerprint density at radius 1 is 0.971 bits per heavy atom. The molecule has 0 radical (unpaired) electrons. The SMILES string of the molecule is C#CCn1c(=NC(=O)c2ccc(S(=O)(=O)N3CCCCCC3)cc2)sc2c3ccccc3ccc21. The lowest BCUT2D eigenvalue weighted by atomic mass is 10.1. The van der Waals surface area contributed by atoms with Crippen LogP contribution in [-0.2, 0) is 16.6 Å². The van der Waals surface area contributed by atoms with Crippen molar-refractivity contribution >= 4 is 48.3 Å². The first kappa shape index (κ1) is 23.5. The van der Waals surface area contributed by atoms with E-state index in [1.165, 1.54) is 35.6 Å². The largest absolute Gasteiger partial charge is 0.305 e. The van der Waals surface area contributed by atoms with Gasteiger partial charge >= 0.3 is 0 Å². The molecule has 2 heterocycles.